The second-order valence-corrected chi connectivity index (χ2v) is 7.18. The van der Waals surface area contributed by atoms with Gasteiger partial charge >= 0.3 is 0 Å². The van der Waals surface area contributed by atoms with Crippen LogP contribution >= 0.6 is 11.6 Å². The first-order valence-electron chi connectivity index (χ1n) is 8.77. The number of carbonyl (C=O) groups excluding carboxylic acids is 1. The number of nitrogens with two attached hydrogens (primary N) is 1. The van der Waals surface area contributed by atoms with E-state index in [1.807, 2.05) is 4.90 Å². The quantitative estimate of drug-likeness (QED) is 0.869. The van der Waals surface area contributed by atoms with E-state index in [1.54, 1.807) is 23.3 Å². The molecule has 0 radical (unpaired) electrons. The van der Waals surface area contributed by atoms with Gasteiger partial charge in [0.2, 0.25) is 11.9 Å². The van der Waals surface area contributed by atoms with E-state index in [1.165, 1.54) is 0 Å². The molecule has 0 aromatic carbocycles. The van der Waals surface area contributed by atoms with Crippen molar-refractivity contribution in [2.24, 2.45) is 0 Å². The number of halogens is 1. The van der Waals surface area contributed by atoms with Crippen LogP contribution in [-0.4, -0.2) is 50.3 Å². The molecule has 26 heavy (non-hydrogen) atoms. The molecule has 2 aliphatic heterocycles. The van der Waals surface area contributed by atoms with Gasteiger partial charge in [0.25, 0.3) is 0 Å². The van der Waals surface area contributed by atoms with Gasteiger partial charge in [0.15, 0.2) is 0 Å². The molecule has 4 heterocycles. The highest BCUT2D eigenvalue weighted by molar-refractivity contribution is 6.30. The number of amides is 1. The lowest BCUT2D eigenvalue weighted by atomic mass is 9.83. The van der Waals surface area contributed by atoms with Gasteiger partial charge in [0, 0.05) is 38.4 Å². The minimum absolute atomic E-state index is 0.115. The lowest BCUT2D eigenvalue weighted by Crippen LogP contribution is -2.49. The van der Waals surface area contributed by atoms with E-state index in [4.69, 9.17) is 22.1 Å². The number of aryl methyl sites for hydroxylation is 1. The monoisotopic (exact) mass is 376 g/mol. The molecule has 0 unspecified atom stereocenters. The second-order valence-electron chi connectivity index (χ2n) is 6.75. The summed E-state index contributed by atoms with van der Waals surface area (Å²) in [6, 6.07) is 0. The third-order valence-electron chi connectivity index (χ3n) is 5.14. The van der Waals surface area contributed by atoms with Crippen LogP contribution in [0.15, 0.2) is 18.6 Å². The van der Waals surface area contributed by atoms with E-state index >= 15 is 0 Å². The van der Waals surface area contributed by atoms with Gasteiger partial charge in [-0.3, -0.25) is 9.48 Å². The molecule has 0 saturated carbocycles. The molecule has 2 aliphatic rings. The van der Waals surface area contributed by atoms with Crippen molar-refractivity contribution in [3.8, 4) is 0 Å². The number of hydrogen-bond acceptors (Lipinski definition) is 6. The fraction of sp³-hybridized carbons (Fsp3) is 0.529. The number of fused-ring (bicyclic) bond motifs is 2. The minimum Gasteiger partial charge on any atom is -0.368 e. The zero-order valence-corrected chi connectivity index (χ0v) is 15.2. The van der Waals surface area contributed by atoms with E-state index in [0.717, 1.165) is 30.5 Å². The molecule has 1 saturated heterocycles. The summed E-state index contributed by atoms with van der Waals surface area (Å²) >= 11 is 5.85. The van der Waals surface area contributed by atoms with Crippen molar-refractivity contribution in [3.63, 3.8) is 0 Å². The van der Waals surface area contributed by atoms with Crippen LogP contribution < -0.4 is 5.73 Å². The molecule has 1 amide bonds. The number of aromatic nitrogens is 4. The second kappa shape index (κ2) is 6.85. The maximum absolute atomic E-state index is 12.5. The Balaban J connectivity index is 1.40. The molecular weight excluding hydrogens is 356 g/mol. The number of nitrogen functional groups attached to an aromatic ring is 1. The molecule has 0 bridgehead atoms. The van der Waals surface area contributed by atoms with Gasteiger partial charge in [-0.25, -0.2) is 9.97 Å². The van der Waals surface area contributed by atoms with Gasteiger partial charge in [0.1, 0.15) is 5.60 Å². The van der Waals surface area contributed by atoms with Crippen molar-refractivity contribution in [2.75, 3.05) is 25.4 Å². The highest BCUT2D eigenvalue weighted by Gasteiger charge is 2.43. The van der Waals surface area contributed by atoms with Crippen molar-refractivity contribution in [1.29, 1.82) is 0 Å². The SMILES string of the molecule is Nc1ncc2c(n1)C1(CCN(C(=O)CCn3cc(Cl)cn3)CC1)OCC2. The Labute approximate surface area is 156 Å². The Bertz CT molecular complexity index is 815. The van der Waals surface area contributed by atoms with Crippen LogP contribution in [0.4, 0.5) is 5.95 Å². The van der Waals surface area contributed by atoms with Crippen LogP contribution in [0, 0.1) is 0 Å². The first kappa shape index (κ1) is 17.2. The molecule has 2 aromatic heterocycles. The minimum atomic E-state index is -0.447. The lowest BCUT2D eigenvalue weighted by Gasteiger charge is -2.44. The Morgan fingerprint density at radius 2 is 2.15 bits per heavy atom. The fourth-order valence-electron chi connectivity index (χ4n) is 3.75. The largest absolute Gasteiger partial charge is 0.368 e. The average molecular weight is 377 g/mol. The van der Waals surface area contributed by atoms with E-state index < -0.39 is 5.60 Å². The third kappa shape index (κ3) is 3.26. The Morgan fingerprint density at radius 3 is 2.88 bits per heavy atom. The number of carbonyl (C=O) groups is 1. The van der Waals surface area contributed by atoms with E-state index in [-0.39, 0.29) is 11.9 Å². The molecule has 1 spiro atoms. The normalized spacial score (nSPS) is 18.7. The zero-order chi connectivity index (χ0) is 18.1. The summed E-state index contributed by atoms with van der Waals surface area (Å²) in [5, 5.41) is 4.68. The molecule has 8 nitrogen and oxygen atoms in total. The maximum Gasteiger partial charge on any atom is 0.224 e. The van der Waals surface area contributed by atoms with Gasteiger partial charge in [-0.2, -0.15) is 5.10 Å². The summed E-state index contributed by atoms with van der Waals surface area (Å²) in [5.74, 6) is 0.384. The summed E-state index contributed by atoms with van der Waals surface area (Å²) in [4.78, 5) is 23.0. The number of piperidine rings is 1. The highest BCUT2D eigenvalue weighted by Crippen LogP contribution is 2.40. The van der Waals surface area contributed by atoms with Gasteiger partial charge in [-0.15, -0.1) is 0 Å². The van der Waals surface area contributed by atoms with E-state index in [0.29, 0.717) is 37.7 Å². The molecule has 138 valence electrons. The fourth-order valence-corrected chi connectivity index (χ4v) is 3.91. The van der Waals surface area contributed by atoms with Gasteiger partial charge < -0.3 is 15.4 Å². The van der Waals surface area contributed by atoms with Crippen molar-refractivity contribution < 1.29 is 9.53 Å². The van der Waals surface area contributed by atoms with Crippen LogP contribution in [-0.2, 0) is 28.1 Å². The predicted octanol–water partition coefficient (Wildman–Crippen LogP) is 1.39. The molecule has 2 aromatic rings. The first-order valence-corrected chi connectivity index (χ1v) is 9.15. The average Bonchev–Trinajstić information content (AvgIpc) is 3.06. The number of anilines is 1. The highest BCUT2D eigenvalue weighted by atomic mass is 35.5. The summed E-state index contributed by atoms with van der Waals surface area (Å²) in [6.07, 6.45) is 7.73. The Morgan fingerprint density at radius 1 is 1.35 bits per heavy atom. The Hall–Kier alpha value is -2.19. The topological polar surface area (TPSA) is 99.2 Å². The van der Waals surface area contributed by atoms with Crippen LogP contribution in [0.1, 0.15) is 30.5 Å². The lowest BCUT2D eigenvalue weighted by molar-refractivity contribution is -0.141. The van der Waals surface area contributed by atoms with Crippen LogP contribution in [0.3, 0.4) is 0 Å². The third-order valence-corrected chi connectivity index (χ3v) is 5.34. The van der Waals surface area contributed by atoms with Crippen LogP contribution in [0.25, 0.3) is 0 Å². The molecular formula is C17H21ClN6O2. The summed E-state index contributed by atoms with van der Waals surface area (Å²) in [5.41, 5.74) is 7.33. The van der Waals surface area contributed by atoms with Crippen LogP contribution in [0.5, 0.6) is 0 Å². The van der Waals surface area contributed by atoms with Crippen molar-refractivity contribution in [1.82, 2.24) is 24.6 Å². The number of rotatable bonds is 3. The summed E-state index contributed by atoms with van der Waals surface area (Å²) < 4.78 is 7.82. The first-order chi connectivity index (χ1) is 12.6. The number of likely N-dealkylation sites (tertiary alicyclic amines) is 1. The number of nitrogens with zero attached hydrogens (tertiary/aromatic N) is 5. The zero-order valence-electron chi connectivity index (χ0n) is 14.4. The molecule has 0 aliphatic carbocycles. The molecule has 1 fully saturated rings. The van der Waals surface area contributed by atoms with E-state index in [2.05, 4.69) is 15.1 Å². The van der Waals surface area contributed by atoms with Crippen LogP contribution in [0.2, 0.25) is 5.02 Å². The van der Waals surface area contributed by atoms with Crippen molar-refractivity contribution in [3.05, 3.63) is 34.9 Å². The van der Waals surface area contributed by atoms with Crippen molar-refractivity contribution in [2.45, 2.75) is 37.8 Å². The predicted molar refractivity (Wildman–Crippen MR) is 95.4 cm³/mol. The molecule has 0 atom stereocenters. The Kier molecular flexibility index (Phi) is 4.54. The van der Waals surface area contributed by atoms with Crippen molar-refractivity contribution >= 4 is 23.5 Å². The number of ether oxygens (including phenoxy) is 1. The number of hydrogen-bond donors (Lipinski definition) is 1. The van der Waals surface area contributed by atoms with Gasteiger partial charge in [-0.1, -0.05) is 11.6 Å². The molecule has 4 rings (SSSR count). The van der Waals surface area contributed by atoms with E-state index in [9.17, 15) is 4.79 Å². The molecule has 2 N–H and O–H groups in total. The standard InChI is InChI=1S/C17H21ClN6O2/c18-13-10-21-24(11-13)5-1-14(25)23-6-3-17(4-7-23)15-12(2-8-26-17)9-20-16(19)22-15/h9-11H,1-8H2,(H2,19,20,22). The van der Waals surface area contributed by atoms with Gasteiger partial charge in [0.05, 0.1) is 23.5 Å². The summed E-state index contributed by atoms with van der Waals surface area (Å²) in [6.45, 7) is 2.45. The van der Waals surface area contributed by atoms with Gasteiger partial charge in [-0.05, 0) is 24.8 Å². The maximum atomic E-state index is 12.5. The smallest absolute Gasteiger partial charge is 0.224 e. The summed E-state index contributed by atoms with van der Waals surface area (Å²) in [7, 11) is 0. The molecule has 9 heteroatoms.